The summed E-state index contributed by atoms with van der Waals surface area (Å²) in [7, 11) is 6.16. The fourth-order valence-electron chi connectivity index (χ4n) is 12.8. The number of hydrogen-bond donors (Lipinski definition) is 7. The first-order chi connectivity index (χ1) is 45.2. The number of methoxy groups -OCH3 is 2. The third kappa shape index (κ3) is 23.3. The first-order valence-corrected chi connectivity index (χ1v) is 34.2. The third-order valence-corrected chi connectivity index (χ3v) is 18.8. The van der Waals surface area contributed by atoms with Gasteiger partial charge in [0.1, 0.15) is 30.8 Å². The van der Waals surface area contributed by atoms with Crippen molar-refractivity contribution >= 4 is 71.0 Å². The SMILES string of the molecule is CC[C@H](C)[C@@H]([C@@H](CC(=O)N1CCC[C@H]1[C@H](OC)[C@@H](C)C(=O)N[C@H](C)c1ccccc1)OC)N(C)C(=O)[C@@H](NC(=O)[C@H](C(C)C)N(C)C(=O)OCc1ccc(NC(=O)[C@H](CCCNC(N)=O)NC(=O)[C@@H](NC(=O)CCCCCN2C(=O)CC(C(C)(C)C)C2=O)C(C)C)cc1)C(C)C. The largest absolute Gasteiger partial charge is 0.445 e. The molecule has 536 valence electrons. The van der Waals surface area contributed by atoms with E-state index in [1.165, 1.54) is 24.0 Å². The van der Waals surface area contributed by atoms with E-state index >= 15 is 0 Å². The lowest BCUT2D eigenvalue weighted by Crippen LogP contribution is -2.60. The van der Waals surface area contributed by atoms with Gasteiger partial charge in [0.05, 0.1) is 48.6 Å². The number of rotatable bonds is 37. The highest BCUT2D eigenvalue weighted by Gasteiger charge is 2.46. The van der Waals surface area contributed by atoms with Crippen molar-refractivity contribution in [2.45, 2.75) is 222 Å². The molecule has 0 bridgehead atoms. The van der Waals surface area contributed by atoms with E-state index in [2.05, 4.69) is 31.9 Å². The predicted molar refractivity (Wildman–Crippen MR) is 366 cm³/mol. The molecule has 25 nitrogen and oxygen atoms in total. The second kappa shape index (κ2) is 38.3. The Labute approximate surface area is 569 Å². The van der Waals surface area contributed by atoms with Crippen molar-refractivity contribution in [3.8, 4) is 0 Å². The highest BCUT2D eigenvalue weighted by atomic mass is 16.6. The summed E-state index contributed by atoms with van der Waals surface area (Å²) in [5.41, 5.74) is 6.78. The van der Waals surface area contributed by atoms with Crippen LogP contribution in [0.1, 0.15) is 178 Å². The summed E-state index contributed by atoms with van der Waals surface area (Å²) in [5, 5.41) is 16.9. The van der Waals surface area contributed by atoms with Crippen LogP contribution >= 0.6 is 0 Å². The zero-order valence-electron chi connectivity index (χ0n) is 60.0. The zero-order valence-corrected chi connectivity index (χ0v) is 60.0. The molecule has 0 spiro atoms. The van der Waals surface area contributed by atoms with E-state index in [0.29, 0.717) is 49.9 Å². The van der Waals surface area contributed by atoms with Crippen LogP contribution in [0, 0.1) is 40.9 Å². The first kappa shape index (κ1) is 80.8. The second-order valence-corrected chi connectivity index (χ2v) is 28.1. The molecule has 2 aromatic rings. The summed E-state index contributed by atoms with van der Waals surface area (Å²) in [6.07, 6.45) is 1.97. The highest BCUT2D eigenvalue weighted by Crippen LogP contribution is 2.36. The van der Waals surface area contributed by atoms with Crippen LogP contribution in [-0.4, -0.2) is 181 Å². The Kier molecular flexibility index (Phi) is 32.2. The van der Waals surface area contributed by atoms with E-state index in [9.17, 15) is 52.7 Å². The summed E-state index contributed by atoms with van der Waals surface area (Å²) in [6.45, 7) is 24.9. The van der Waals surface area contributed by atoms with Gasteiger partial charge in [-0.25, -0.2) is 9.59 Å². The number of urea groups is 1. The Morgan fingerprint density at radius 1 is 0.719 bits per heavy atom. The molecule has 12 amide bonds. The van der Waals surface area contributed by atoms with Gasteiger partial charge in [-0.3, -0.25) is 53.0 Å². The summed E-state index contributed by atoms with van der Waals surface area (Å²) in [5.74, 6) is -5.60. The van der Waals surface area contributed by atoms with Crippen molar-refractivity contribution in [3.05, 3.63) is 65.7 Å². The molecule has 0 aliphatic carbocycles. The molecule has 2 fully saturated rings. The van der Waals surface area contributed by atoms with E-state index in [4.69, 9.17) is 19.9 Å². The topological polar surface area (TPSA) is 327 Å². The fourth-order valence-corrected chi connectivity index (χ4v) is 12.8. The number of amides is 12. The summed E-state index contributed by atoms with van der Waals surface area (Å²) in [6, 6.07) is 9.89. The Morgan fingerprint density at radius 3 is 1.93 bits per heavy atom. The van der Waals surface area contributed by atoms with Crippen molar-refractivity contribution in [2.24, 2.45) is 46.7 Å². The molecule has 96 heavy (non-hydrogen) atoms. The second-order valence-electron chi connectivity index (χ2n) is 28.1. The molecule has 2 heterocycles. The number of nitrogens with two attached hydrogens (primary N) is 1. The van der Waals surface area contributed by atoms with Crippen LogP contribution < -0.4 is 37.6 Å². The number of anilines is 1. The van der Waals surface area contributed by atoms with E-state index in [0.717, 1.165) is 12.0 Å². The minimum Gasteiger partial charge on any atom is -0.445 e. The molecular weight excluding hydrogens is 1230 g/mol. The minimum absolute atomic E-state index is 0.0599. The van der Waals surface area contributed by atoms with E-state index in [1.807, 2.05) is 92.6 Å². The quantitative estimate of drug-likeness (QED) is 0.0260. The Morgan fingerprint density at radius 2 is 1.36 bits per heavy atom. The average molecular weight is 1340 g/mol. The molecule has 0 radical (unpaired) electrons. The van der Waals surface area contributed by atoms with Gasteiger partial charge in [-0.15, -0.1) is 0 Å². The normalized spacial score (nSPS) is 18.1. The number of likely N-dealkylation sites (tertiary alicyclic amines) is 2. The summed E-state index contributed by atoms with van der Waals surface area (Å²) in [4.78, 5) is 155. The Hall–Kier alpha value is -7.67. The van der Waals surface area contributed by atoms with Gasteiger partial charge in [0.2, 0.25) is 53.2 Å². The monoisotopic (exact) mass is 1340 g/mol. The molecule has 1 unspecified atom stereocenters. The number of benzene rings is 2. The molecule has 12 atom stereocenters. The maximum Gasteiger partial charge on any atom is 0.410 e. The lowest BCUT2D eigenvalue weighted by atomic mass is 9.80. The number of unbranched alkanes of at least 4 members (excludes halogenated alkanes) is 2. The lowest BCUT2D eigenvalue weighted by Gasteiger charge is -2.41. The maximum atomic E-state index is 14.8. The van der Waals surface area contributed by atoms with Crippen molar-refractivity contribution in [3.63, 3.8) is 0 Å². The number of imide groups is 1. The molecule has 2 saturated heterocycles. The van der Waals surface area contributed by atoms with Crippen molar-refractivity contribution in [2.75, 3.05) is 53.3 Å². The van der Waals surface area contributed by atoms with Crippen molar-refractivity contribution < 1.29 is 67.0 Å². The van der Waals surface area contributed by atoms with E-state index in [-0.39, 0.29) is 117 Å². The Balaban J connectivity index is 1.37. The number of primary amides is 1. The molecule has 8 N–H and O–H groups in total. The van der Waals surface area contributed by atoms with Crippen LogP contribution in [0.15, 0.2) is 54.6 Å². The number of nitrogens with one attached hydrogen (secondary N) is 6. The van der Waals surface area contributed by atoms with Gasteiger partial charge in [0.15, 0.2) is 0 Å². The van der Waals surface area contributed by atoms with Crippen LogP contribution in [0.2, 0.25) is 0 Å². The lowest BCUT2D eigenvalue weighted by molar-refractivity contribution is -0.148. The van der Waals surface area contributed by atoms with E-state index < -0.39 is 95.9 Å². The third-order valence-electron chi connectivity index (χ3n) is 18.8. The molecule has 2 aliphatic heterocycles. The number of likely N-dealkylation sites (N-methyl/N-ethyl adjacent to an activating group) is 2. The van der Waals surface area contributed by atoms with Crippen LogP contribution in [0.5, 0.6) is 0 Å². The van der Waals surface area contributed by atoms with Gasteiger partial charge in [0, 0.05) is 66.5 Å². The van der Waals surface area contributed by atoms with Gasteiger partial charge >= 0.3 is 12.1 Å². The molecular formula is C71H113N11O14. The van der Waals surface area contributed by atoms with Gasteiger partial charge in [-0.1, -0.05) is 138 Å². The zero-order chi connectivity index (χ0) is 71.9. The number of ether oxygens (including phenoxy) is 3. The first-order valence-electron chi connectivity index (χ1n) is 34.2. The minimum atomic E-state index is -1.11. The van der Waals surface area contributed by atoms with Gasteiger partial charge < -0.3 is 61.6 Å². The maximum absolute atomic E-state index is 14.8. The average Bonchev–Trinajstić information content (AvgIpc) is 1.51. The molecule has 4 rings (SSSR count). The molecule has 0 aromatic heterocycles. The predicted octanol–water partition coefficient (Wildman–Crippen LogP) is 7.21. The van der Waals surface area contributed by atoms with Gasteiger partial charge in [-0.05, 0) is 97.8 Å². The number of carbonyl (C=O) groups is 11. The van der Waals surface area contributed by atoms with Crippen LogP contribution in [-0.2, 0) is 64.0 Å². The van der Waals surface area contributed by atoms with Gasteiger partial charge in [-0.2, -0.15) is 0 Å². The Bertz CT molecular complexity index is 2920. The fraction of sp³-hybridized carbons (Fsp3) is 0.676. The van der Waals surface area contributed by atoms with Crippen LogP contribution in [0.25, 0.3) is 0 Å². The van der Waals surface area contributed by atoms with Gasteiger partial charge in [0.25, 0.3) is 0 Å². The highest BCUT2D eigenvalue weighted by molar-refractivity contribution is 6.04. The van der Waals surface area contributed by atoms with Crippen LogP contribution in [0.3, 0.4) is 0 Å². The molecule has 2 aromatic carbocycles. The molecule has 25 heteroatoms. The standard InChI is InChI=1S/C71H113N11O14/c1-18-45(8)61(54(94-16)40-57(85)81-38-26-30-53(81)62(95-17)46(9)63(86)74-47(10)49-27-21-19-22-28-49)79(14)68(91)59(43(4)5)78-66(89)60(44(6)7)80(15)70(93)96-41-48-32-34-50(35-33-48)75-64(87)52(29-25-36-73-69(72)92)76-65(88)58(42(2)3)77-55(83)31-23-20-24-37-82-56(84)39-51(67(82)90)71(11,12)13/h19,21-22,27-28,32-35,42-47,51-54,58-62H,18,20,23-26,29-31,36-41H2,1-17H3,(H,74,86)(H,75,87)(H,76,88)(H,77,83)(H,78,89)(H3,72,73,92)/t45-,46+,47+,51?,52-,53-,54+,58-,59-,60-,61-,62+/m0/s1. The molecule has 0 saturated carbocycles. The summed E-state index contributed by atoms with van der Waals surface area (Å²) < 4.78 is 17.8. The summed E-state index contributed by atoms with van der Waals surface area (Å²) >= 11 is 0. The number of carbonyl (C=O) groups excluding carboxylic acids is 11. The van der Waals surface area contributed by atoms with Crippen LogP contribution in [0.4, 0.5) is 15.3 Å². The number of nitrogens with zero attached hydrogens (tertiary/aromatic N) is 4. The van der Waals surface area contributed by atoms with E-state index in [1.54, 1.807) is 75.9 Å². The molecule has 2 aliphatic rings. The smallest absolute Gasteiger partial charge is 0.410 e. The number of hydrogen-bond acceptors (Lipinski definition) is 14. The van der Waals surface area contributed by atoms with Crippen molar-refractivity contribution in [1.29, 1.82) is 0 Å². The van der Waals surface area contributed by atoms with Crippen molar-refractivity contribution in [1.82, 2.24) is 46.2 Å².